The Balaban J connectivity index is 1.73. The van der Waals surface area contributed by atoms with E-state index in [1.165, 1.54) is 5.56 Å². The van der Waals surface area contributed by atoms with Gasteiger partial charge in [0.2, 0.25) is 0 Å². The number of rotatable bonds is 8. The van der Waals surface area contributed by atoms with Gasteiger partial charge in [-0.2, -0.15) is 0 Å². The molecule has 0 aliphatic heterocycles. The van der Waals surface area contributed by atoms with Crippen LogP contribution >= 0.6 is 11.8 Å². The van der Waals surface area contributed by atoms with Gasteiger partial charge in [-0.05, 0) is 48.9 Å². The maximum Gasteiger partial charge on any atom is 0.196 e. The topological polar surface area (TPSA) is 49.2 Å². The summed E-state index contributed by atoms with van der Waals surface area (Å²) in [4.78, 5) is 0. The van der Waals surface area contributed by atoms with Crippen molar-refractivity contribution in [1.82, 2.24) is 14.8 Å². The maximum atomic E-state index is 5.60. The number of hydrogen-bond acceptors (Lipinski definition) is 5. The van der Waals surface area contributed by atoms with Crippen molar-refractivity contribution in [1.29, 1.82) is 0 Å². The van der Waals surface area contributed by atoms with E-state index >= 15 is 0 Å². The van der Waals surface area contributed by atoms with Crippen LogP contribution in [0, 0.1) is 0 Å². The second kappa shape index (κ2) is 9.50. The Kier molecular flexibility index (Phi) is 6.35. The number of thioether (sulfide) groups is 1. The van der Waals surface area contributed by atoms with Crippen LogP contribution in [-0.4, -0.2) is 28.5 Å². The molecule has 0 fully saturated rings. The van der Waals surface area contributed by atoms with Crippen LogP contribution in [0.15, 0.2) is 84.0 Å². The Bertz CT molecular complexity index is 1100. The smallest absolute Gasteiger partial charge is 0.196 e. The second-order valence-corrected chi connectivity index (χ2v) is 7.52. The van der Waals surface area contributed by atoms with Crippen LogP contribution in [0.25, 0.3) is 17.1 Å². The maximum absolute atomic E-state index is 5.60. The summed E-state index contributed by atoms with van der Waals surface area (Å²) in [6, 6.07) is 26.2. The highest BCUT2D eigenvalue weighted by molar-refractivity contribution is 7.98. The Labute approximate surface area is 180 Å². The molecular formula is C24H23N3O2S. The third-order valence-corrected chi connectivity index (χ3v) is 5.58. The molecule has 1 aromatic heterocycles. The van der Waals surface area contributed by atoms with Gasteiger partial charge >= 0.3 is 0 Å². The van der Waals surface area contributed by atoms with Gasteiger partial charge in [-0.3, -0.25) is 4.57 Å². The Morgan fingerprint density at radius 2 is 1.67 bits per heavy atom. The molecule has 0 amide bonds. The van der Waals surface area contributed by atoms with Gasteiger partial charge in [0.05, 0.1) is 13.7 Å². The molecule has 0 saturated carbocycles. The van der Waals surface area contributed by atoms with Gasteiger partial charge < -0.3 is 9.47 Å². The van der Waals surface area contributed by atoms with E-state index in [1.807, 2.05) is 61.5 Å². The summed E-state index contributed by atoms with van der Waals surface area (Å²) in [5.41, 5.74) is 3.17. The fraction of sp³-hybridized carbons (Fsp3) is 0.167. The highest BCUT2D eigenvalue weighted by Crippen LogP contribution is 2.31. The lowest BCUT2D eigenvalue weighted by atomic mass is 10.2. The molecule has 0 atom stereocenters. The molecule has 0 radical (unpaired) electrons. The first-order chi connectivity index (χ1) is 14.8. The van der Waals surface area contributed by atoms with E-state index in [2.05, 4.69) is 39.0 Å². The predicted molar refractivity (Wildman–Crippen MR) is 121 cm³/mol. The van der Waals surface area contributed by atoms with Gasteiger partial charge in [-0.25, -0.2) is 0 Å². The highest BCUT2D eigenvalue weighted by Gasteiger charge is 2.17. The SMILES string of the molecule is CCOc1ccc(-n2c(SCc3ccccc3)nnc2-c2cccc(OC)c2)cc1. The molecule has 30 heavy (non-hydrogen) atoms. The van der Waals surface area contributed by atoms with Crippen LogP contribution < -0.4 is 9.47 Å². The van der Waals surface area contributed by atoms with Crippen molar-refractivity contribution in [2.24, 2.45) is 0 Å². The minimum absolute atomic E-state index is 0.638. The van der Waals surface area contributed by atoms with Crippen molar-refractivity contribution in [2.45, 2.75) is 17.8 Å². The highest BCUT2D eigenvalue weighted by atomic mass is 32.2. The Morgan fingerprint density at radius 1 is 0.867 bits per heavy atom. The van der Waals surface area contributed by atoms with Crippen molar-refractivity contribution in [3.63, 3.8) is 0 Å². The molecule has 1 heterocycles. The van der Waals surface area contributed by atoms with Gasteiger partial charge in [0, 0.05) is 17.0 Å². The molecule has 4 rings (SSSR count). The van der Waals surface area contributed by atoms with E-state index in [0.717, 1.165) is 39.5 Å². The lowest BCUT2D eigenvalue weighted by Gasteiger charge is -2.12. The van der Waals surface area contributed by atoms with Gasteiger partial charge in [-0.15, -0.1) is 10.2 Å². The van der Waals surface area contributed by atoms with Crippen LogP contribution in [-0.2, 0) is 5.75 Å². The van der Waals surface area contributed by atoms with Gasteiger partial charge in [0.15, 0.2) is 11.0 Å². The fourth-order valence-electron chi connectivity index (χ4n) is 3.13. The number of nitrogens with zero attached hydrogens (tertiary/aromatic N) is 3. The lowest BCUT2D eigenvalue weighted by Crippen LogP contribution is -2.00. The molecule has 0 N–H and O–H groups in total. The van der Waals surface area contributed by atoms with Crippen molar-refractivity contribution in [3.8, 4) is 28.6 Å². The van der Waals surface area contributed by atoms with Crippen LogP contribution in [0.4, 0.5) is 0 Å². The van der Waals surface area contributed by atoms with E-state index < -0.39 is 0 Å². The average molecular weight is 418 g/mol. The van der Waals surface area contributed by atoms with E-state index in [1.54, 1.807) is 18.9 Å². The molecule has 152 valence electrons. The quantitative estimate of drug-likeness (QED) is 0.348. The fourth-order valence-corrected chi connectivity index (χ4v) is 4.03. The number of methoxy groups -OCH3 is 1. The zero-order chi connectivity index (χ0) is 20.8. The minimum Gasteiger partial charge on any atom is -0.497 e. The molecule has 0 saturated heterocycles. The molecule has 5 nitrogen and oxygen atoms in total. The van der Waals surface area contributed by atoms with Crippen molar-refractivity contribution >= 4 is 11.8 Å². The number of benzene rings is 3. The summed E-state index contributed by atoms with van der Waals surface area (Å²) in [7, 11) is 1.66. The summed E-state index contributed by atoms with van der Waals surface area (Å²) < 4.78 is 13.1. The minimum atomic E-state index is 0.638. The van der Waals surface area contributed by atoms with Crippen molar-refractivity contribution in [3.05, 3.63) is 84.4 Å². The summed E-state index contributed by atoms with van der Waals surface area (Å²) in [6.07, 6.45) is 0. The van der Waals surface area contributed by atoms with Crippen LogP contribution in [0.3, 0.4) is 0 Å². The standard InChI is InChI=1S/C24H23N3O2S/c1-3-29-21-14-12-20(13-15-21)27-23(19-10-7-11-22(16-19)28-2)25-26-24(27)30-17-18-8-5-4-6-9-18/h4-16H,3,17H2,1-2H3. The summed E-state index contributed by atoms with van der Waals surface area (Å²) in [6.45, 7) is 2.62. The van der Waals surface area contributed by atoms with Crippen LogP contribution in [0.2, 0.25) is 0 Å². The average Bonchev–Trinajstić information content (AvgIpc) is 3.23. The molecule has 4 aromatic rings. The van der Waals surface area contributed by atoms with Crippen LogP contribution in [0.1, 0.15) is 12.5 Å². The summed E-state index contributed by atoms with van der Waals surface area (Å²) >= 11 is 1.66. The Morgan fingerprint density at radius 3 is 2.40 bits per heavy atom. The third kappa shape index (κ3) is 4.49. The molecule has 3 aromatic carbocycles. The monoisotopic (exact) mass is 417 g/mol. The zero-order valence-corrected chi connectivity index (χ0v) is 17.8. The normalized spacial score (nSPS) is 10.7. The first-order valence-electron chi connectivity index (χ1n) is 9.78. The molecule has 0 unspecified atom stereocenters. The molecule has 0 aliphatic carbocycles. The van der Waals surface area contributed by atoms with E-state index in [4.69, 9.17) is 9.47 Å². The lowest BCUT2D eigenvalue weighted by molar-refractivity contribution is 0.340. The van der Waals surface area contributed by atoms with E-state index in [-0.39, 0.29) is 0 Å². The number of hydrogen-bond donors (Lipinski definition) is 0. The molecular weight excluding hydrogens is 394 g/mol. The second-order valence-electron chi connectivity index (χ2n) is 6.57. The third-order valence-electron chi connectivity index (χ3n) is 4.58. The molecule has 0 aliphatic rings. The zero-order valence-electron chi connectivity index (χ0n) is 17.0. The van der Waals surface area contributed by atoms with Gasteiger partial charge in [0.25, 0.3) is 0 Å². The summed E-state index contributed by atoms with van der Waals surface area (Å²) in [5, 5.41) is 9.85. The first-order valence-corrected chi connectivity index (χ1v) is 10.8. The van der Waals surface area contributed by atoms with E-state index in [9.17, 15) is 0 Å². The number of aromatic nitrogens is 3. The largest absolute Gasteiger partial charge is 0.497 e. The summed E-state index contributed by atoms with van der Waals surface area (Å²) in [5.74, 6) is 3.21. The predicted octanol–water partition coefficient (Wildman–Crippen LogP) is 5.63. The molecule has 0 spiro atoms. The number of ether oxygens (including phenoxy) is 2. The molecule has 6 heteroatoms. The molecule has 0 bridgehead atoms. The van der Waals surface area contributed by atoms with Crippen molar-refractivity contribution in [2.75, 3.05) is 13.7 Å². The van der Waals surface area contributed by atoms with Crippen molar-refractivity contribution < 1.29 is 9.47 Å². The van der Waals surface area contributed by atoms with E-state index in [0.29, 0.717) is 6.61 Å². The van der Waals surface area contributed by atoms with Gasteiger partial charge in [0.1, 0.15) is 11.5 Å². The first kappa shape index (κ1) is 20.0. The Hall–Kier alpha value is -3.25. The van der Waals surface area contributed by atoms with Crippen LogP contribution in [0.5, 0.6) is 11.5 Å². The van der Waals surface area contributed by atoms with Gasteiger partial charge in [-0.1, -0.05) is 54.2 Å².